The van der Waals surface area contributed by atoms with E-state index in [1.807, 2.05) is 37.3 Å². The lowest BCUT2D eigenvalue weighted by atomic mass is 10.0. The first-order chi connectivity index (χ1) is 7.11. The van der Waals surface area contributed by atoms with E-state index < -0.39 is 0 Å². The summed E-state index contributed by atoms with van der Waals surface area (Å²) in [6.45, 7) is 6.86. The second kappa shape index (κ2) is 5.54. The van der Waals surface area contributed by atoms with Gasteiger partial charge in [0.2, 0.25) is 5.91 Å². The van der Waals surface area contributed by atoms with Gasteiger partial charge < -0.3 is 5.32 Å². The molecule has 0 saturated heterocycles. The SMILES string of the molecule is CC(C)CNC(=O)[C@@H](C)c1ccccc1. The zero-order valence-electron chi connectivity index (χ0n) is 9.66. The summed E-state index contributed by atoms with van der Waals surface area (Å²) in [5.41, 5.74) is 1.07. The number of benzene rings is 1. The summed E-state index contributed by atoms with van der Waals surface area (Å²) in [4.78, 5) is 11.7. The molecule has 0 bridgehead atoms. The summed E-state index contributed by atoms with van der Waals surface area (Å²) in [5.74, 6) is 0.539. The maximum atomic E-state index is 11.7. The lowest BCUT2D eigenvalue weighted by Crippen LogP contribution is -2.31. The lowest BCUT2D eigenvalue weighted by Gasteiger charge is -2.13. The fourth-order valence-corrected chi connectivity index (χ4v) is 1.35. The van der Waals surface area contributed by atoms with Gasteiger partial charge in [0.15, 0.2) is 0 Å². The molecule has 0 aliphatic rings. The van der Waals surface area contributed by atoms with Crippen LogP contribution in [0.2, 0.25) is 0 Å². The van der Waals surface area contributed by atoms with Crippen LogP contribution in [0.4, 0.5) is 0 Å². The highest BCUT2D eigenvalue weighted by Crippen LogP contribution is 2.14. The molecule has 0 aromatic heterocycles. The Morgan fingerprint density at radius 3 is 2.33 bits per heavy atom. The van der Waals surface area contributed by atoms with E-state index in [-0.39, 0.29) is 11.8 Å². The van der Waals surface area contributed by atoms with Crippen LogP contribution >= 0.6 is 0 Å². The molecule has 0 aliphatic heterocycles. The maximum Gasteiger partial charge on any atom is 0.227 e. The molecule has 15 heavy (non-hydrogen) atoms. The monoisotopic (exact) mass is 205 g/mol. The van der Waals surface area contributed by atoms with Crippen LogP contribution in [-0.4, -0.2) is 12.5 Å². The van der Waals surface area contributed by atoms with E-state index >= 15 is 0 Å². The molecule has 1 aromatic carbocycles. The van der Waals surface area contributed by atoms with Crippen molar-refractivity contribution in [3.05, 3.63) is 35.9 Å². The quantitative estimate of drug-likeness (QED) is 0.804. The molecule has 2 nitrogen and oxygen atoms in total. The molecule has 0 radical (unpaired) electrons. The average Bonchev–Trinajstić information content (AvgIpc) is 2.26. The zero-order valence-corrected chi connectivity index (χ0v) is 9.66. The van der Waals surface area contributed by atoms with Crippen molar-refractivity contribution >= 4 is 5.91 Å². The third-order valence-corrected chi connectivity index (χ3v) is 2.38. The smallest absolute Gasteiger partial charge is 0.227 e. The number of amides is 1. The zero-order chi connectivity index (χ0) is 11.3. The molecule has 1 atom stereocenters. The molecule has 0 unspecified atom stereocenters. The van der Waals surface area contributed by atoms with Gasteiger partial charge in [0.25, 0.3) is 0 Å². The number of hydrogen-bond acceptors (Lipinski definition) is 1. The minimum atomic E-state index is -0.0649. The van der Waals surface area contributed by atoms with Gasteiger partial charge in [-0.15, -0.1) is 0 Å². The minimum Gasteiger partial charge on any atom is -0.355 e. The van der Waals surface area contributed by atoms with E-state index in [2.05, 4.69) is 19.2 Å². The normalized spacial score (nSPS) is 12.5. The number of rotatable bonds is 4. The molecule has 1 amide bonds. The van der Waals surface area contributed by atoms with Gasteiger partial charge in [-0.2, -0.15) is 0 Å². The van der Waals surface area contributed by atoms with E-state index in [9.17, 15) is 4.79 Å². The third kappa shape index (κ3) is 3.74. The Morgan fingerprint density at radius 1 is 1.20 bits per heavy atom. The predicted octanol–water partition coefficient (Wildman–Crippen LogP) is 2.56. The van der Waals surface area contributed by atoms with Crippen molar-refractivity contribution in [1.82, 2.24) is 5.32 Å². The van der Waals surface area contributed by atoms with Crippen molar-refractivity contribution < 1.29 is 4.79 Å². The van der Waals surface area contributed by atoms with Crippen molar-refractivity contribution in [2.45, 2.75) is 26.7 Å². The van der Waals surface area contributed by atoms with E-state index in [0.717, 1.165) is 12.1 Å². The van der Waals surface area contributed by atoms with Gasteiger partial charge in [-0.3, -0.25) is 4.79 Å². The number of hydrogen-bond donors (Lipinski definition) is 1. The number of nitrogens with one attached hydrogen (secondary N) is 1. The van der Waals surface area contributed by atoms with Gasteiger partial charge in [0.1, 0.15) is 0 Å². The molecule has 1 rings (SSSR count). The maximum absolute atomic E-state index is 11.7. The molecule has 0 fully saturated rings. The summed E-state index contributed by atoms with van der Waals surface area (Å²) in [6, 6.07) is 9.85. The Labute approximate surface area is 91.7 Å². The van der Waals surface area contributed by atoms with Crippen LogP contribution in [0.25, 0.3) is 0 Å². The Balaban J connectivity index is 2.54. The van der Waals surface area contributed by atoms with Gasteiger partial charge in [-0.25, -0.2) is 0 Å². The van der Waals surface area contributed by atoms with Gasteiger partial charge in [-0.1, -0.05) is 44.2 Å². The summed E-state index contributed by atoms with van der Waals surface area (Å²) >= 11 is 0. The largest absolute Gasteiger partial charge is 0.355 e. The minimum absolute atomic E-state index is 0.0649. The summed E-state index contributed by atoms with van der Waals surface area (Å²) < 4.78 is 0. The first kappa shape index (κ1) is 11.8. The van der Waals surface area contributed by atoms with Crippen LogP contribution in [-0.2, 0) is 4.79 Å². The second-order valence-electron chi connectivity index (χ2n) is 4.27. The van der Waals surface area contributed by atoms with Crippen LogP contribution in [0.3, 0.4) is 0 Å². The Kier molecular flexibility index (Phi) is 4.35. The fraction of sp³-hybridized carbons (Fsp3) is 0.462. The third-order valence-electron chi connectivity index (χ3n) is 2.38. The molecular formula is C13H19NO. The Morgan fingerprint density at radius 2 is 1.80 bits per heavy atom. The van der Waals surface area contributed by atoms with E-state index in [1.54, 1.807) is 0 Å². The fourth-order valence-electron chi connectivity index (χ4n) is 1.35. The van der Waals surface area contributed by atoms with E-state index in [4.69, 9.17) is 0 Å². The summed E-state index contributed by atoms with van der Waals surface area (Å²) in [5, 5.41) is 2.94. The molecular weight excluding hydrogens is 186 g/mol. The predicted molar refractivity (Wildman–Crippen MR) is 62.7 cm³/mol. The molecule has 0 saturated carbocycles. The average molecular weight is 205 g/mol. The van der Waals surface area contributed by atoms with Crippen LogP contribution in [0.5, 0.6) is 0 Å². The molecule has 0 spiro atoms. The highest BCUT2D eigenvalue weighted by atomic mass is 16.1. The topological polar surface area (TPSA) is 29.1 Å². The number of carbonyl (C=O) groups excluding carboxylic acids is 1. The molecule has 2 heteroatoms. The molecule has 1 N–H and O–H groups in total. The standard InChI is InChI=1S/C13H19NO/c1-10(2)9-14-13(15)11(3)12-7-5-4-6-8-12/h4-8,10-11H,9H2,1-3H3,(H,14,15)/t11-/m0/s1. The first-order valence-corrected chi connectivity index (χ1v) is 5.44. The van der Waals surface area contributed by atoms with Crippen LogP contribution < -0.4 is 5.32 Å². The van der Waals surface area contributed by atoms with E-state index in [1.165, 1.54) is 0 Å². The summed E-state index contributed by atoms with van der Waals surface area (Å²) in [7, 11) is 0. The number of carbonyl (C=O) groups is 1. The van der Waals surface area contributed by atoms with Gasteiger partial charge in [0.05, 0.1) is 5.92 Å². The Hall–Kier alpha value is -1.31. The van der Waals surface area contributed by atoms with Crippen LogP contribution in [0.15, 0.2) is 30.3 Å². The molecule has 0 aliphatic carbocycles. The van der Waals surface area contributed by atoms with Gasteiger partial charge in [0, 0.05) is 6.54 Å². The van der Waals surface area contributed by atoms with Gasteiger partial charge in [-0.05, 0) is 18.4 Å². The highest BCUT2D eigenvalue weighted by Gasteiger charge is 2.14. The van der Waals surface area contributed by atoms with E-state index in [0.29, 0.717) is 5.92 Å². The van der Waals surface area contributed by atoms with Crippen molar-refractivity contribution in [2.75, 3.05) is 6.54 Å². The summed E-state index contributed by atoms with van der Waals surface area (Å²) in [6.07, 6.45) is 0. The highest BCUT2D eigenvalue weighted by molar-refractivity contribution is 5.83. The lowest BCUT2D eigenvalue weighted by molar-refractivity contribution is -0.122. The molecule has 82 valence electrons. The second-order valence-corrected chi connectivity index (χ2v) is 4.27. The molecule has 0 heterocycles. The van der Waals surface area contributed by atoms with Crippen molar-refractivity contribution in [3.63, 3.8) is 0 Å². The van der Waals surface area contributed by atoms with Gasteiger partial charge >= 0.3 is 0 Å². The van der Waals surface area contributed by atoms with Crippen LogP contribution in [0, 0.1) is 5.92 Å². The van der Waals surface area contributed by atoms with Crippen LogP contribution in [0.1, 0.15) is 32.3 Å². The van der Waals surface area contributed by atoms with Crippen molar-refractivity contribution in [3.8, 4) is 0 Å². The van der Waals surface area contributed by atoms with Crippen molar-refractivity contribution in [2.24, 2.45) is 5.92 Å². The Bertz CT molecular complexity index is 306. The molecule has 1 aromatic rings. The van der Waals surface area contributed by atoms with Crippen molar-refractivity contribution in [1.29, 1.82) is 0 Å². The first-order valence-electron chi connectivity index (χ1n) is 5.44.